The van der Waals surface area contributed by atoms with Gasteiger partial charge >= 0.3 is 0 Å². The maximum atomic E-state index is 13.7. The molecule has 3 rings (SSSR count). The van der Waals surface area contributed by atoms with Crippen LogP contribution in [-0.4, -0.2) is 44.6 Å². The number of hydrogen-bond acceptors (Lipinski definition) is 3. The van der Waals surface area contributed by atoms with Crippen LogP contribution in [0.2, 0.25) is 0 Å². The molecule has 2 aromatic rings. The molecule has 30 heavy (non-hydrogen) atoms. The van der Waals surface area contributed by atoms with Crippen LogP contribution in [0, 0.1) is 17.6 Å². The minimum atomic E-state index is -3.89. The Kier molecular flexibility index (Phi) is 6.75. The summed E-state index contributed by atoms with van der Waals surface area (Å²) in [7, 11) is -3.89. The van der Waals surface area contributed by atoms with E-state index in [1.165, 1.54) is 12.5 Å². The van der Waals surface area contributed by atoms with E-state index in [1.54, 1.807) is 4.90 Å². The lowest BCUT2D eigenvalue weighted by Crippen LogP contribution is -2.51. The van der Waals surface area contributed by atoms with Gasteiger partial charge in [-0.1, -0.05) is 30.3 Å². The molecule has 0 bridgehead atoms. The molecule has 5 nitrogen and oxygen atoms in total. The predicted octanol–water partition coefficient (Wildman–Crippen LogP) is 3.60. The van der Waals surface area contributed by atoms with Gasteiger partial charge in [0, 0.05) is 19.2 Å². The number of carbonyl (C=O) groups excluding carboxylic acids is 1. The number of anilines is 1. The Morgan fingerprint density at radius 2 is 1.73 bits per heavy atom. The van der Waals surface area contributed by atoms with E-state index in [0.29, 0.717) is 19.0 Å². The monoisotopic (exact) mass is 436 g/mol. The summed E-state index contributed by atoms with van der Waals surface area (Å²) in [6.45, 7) is 2.55. The molecule has 1 aliphatic rings. The molecule has 1 atom stereocenters. The van der Waals surface area contributed by atoms with Gasteiger partial charge < -0.3 is 4.90 Å². The topological polar surface area (TPSA) is 57.7 Å². The summed E-state index contributed by atoms with van der Waals surface area (Å²) in [6, 6.07) is 11.9. The maximum Gasteiger partial charge on any atom is 0.246 e. The van der Waals surface area contributed by atoms with Gasteiger partial charge in [-0.15, -0.1) is 0 Å². The number of benzene rings is 2. The number of halogens is 2. The van der Waals surface area contributed by atoms with Crippen molar-refractivity contribution in [1.29, 1.82) is 0 Å². The van der Waals surface area contributed by atoms with Gasteiger partial charge in [0.05, 0.1) is 11.9 Å². The molecule has 0 aromatic heterocycles. The lowest BCUT2D eigenvalue weighted by Gasteiger charge is -2.36. The van der Waals surface area contributed by atoms with Gasteiger partial charge in [0.2, 0.25) is 15.9 Å². The number of hydrogen-bond donors (Lipinski definition) is 0. The SMILES string of the molecule is CC(C(=O)N1CCC(Cc2ccccc2)CC1)N(c1ccc(F)c(F)c1)S(C)(=O)=O. The summed E-state index contributed by atoms with van der Waals surface area (Å²) in [6.07, 6.45) is 3.56. The third kappa shape index (κ3) is 5.16. The minimum absolute atomic E-state index is 0.0730. The fourth-order valence-corrected chi connectivity index (χ4v) is 5.15. The summed E-state index contributed by atoms with van der Waals surface area (Å²) < 4.78 is 52.5. The third-order valence-electron chi connectivity index (χ3n) is 5.52. The predicted molar refractivity (Wildman–Crippen MR) is 113 cm³/mol. The molecule has 1 saturated heterocycles. The van der Waals surface area contributed by atoms with Gasteiger partial charge in [0.15, 0.2) is 11.6 Å². The lowest BCUT2D eigenvalue weighted by atomic mass is 9.90. The van der Waals surface area contributed by atoms with Crippen molar-refractivity contribution in [3.63, 3.8) is 0 Å². The van der Waals surface area contributed by atoms with Gasteiger partial charge in [0.1, 0.15) is 6.04 Å². The van der Waals surface area contributed by atoms with Crippen molar-refractivity contribution in [2.24, 2.45) is 5.92 Å². The molecule has 0 aliphatic carbocycles. The number of sulfonamides is 1. The van der Waals surface area contributed by atoms with Crippen molar-refractivity contribution < 1.29 is 22.0 Å². The normalized spacial score (nSPS) is 16.3. The van der Waals surface area contributed by atoms with E-state index in [-0.39, 0.29) is 11.6 Å². The second-order valence-corrected chi connectivity index (χ2v) is 9.65. The zero-order valence-corrected chi connectivity index (χ0v) is 17.9. The van der Waals surface area contributed by atoms with E-state index in [9.17, 15) is 22.0 Å². The first-order valence-electron chi connectivity index (χ1n) is 9.94. The highest BCUT2D eigenvalue weighted by molar-refractivity contribution is 7.92. The Balaban J connectivity index is 1.69. The van der Waals surface area contributed by atoms with Gasteiger partial charge in [-0.25, -0.2) is 17.2 Å². The van der Waals surface area contributed by atoms with Crippen LogP contribution in [0.4, 0.5) is 14.5 Å². The molecule has 0 spiro atoms. The van der Waals surface area contributed by atoms with E-state index in [2.05, 4.69) is 12.1 Å². The Labute approximate surface area is 176 Å². The minimum Gasteiger partial charge on any atom is -0.341 e. The molecule has 0 saturated carbocycles. The first kappa shape index (κ1) is 22.2. The van der Waals surface area contributed by atoms with Crippen LogP contribution in [0.3, 0.4) is 0 Å². The summed E-state index contributed by atoms with van der Waals surface area (Å²) in [4.78, 5) is 14.7. The second-order valence-electron chi connectivity index (χ2n) is 7.79. The molecular weight excluding hydrogens is 410 g/mol. The van der Waals surface area contributed by atoms with Gasteiger partial charge in [-0.05, 0) is 49.8 Å². The van der Waals surface area contributed by atoms with Crippen LogP contribution in [0.25, 0.3) is 0 Å². The van der Waals surface area contributed by atoms with E-state index in [0.717, 1.165) is 48.0 Å². The Morgan fingerprint density at radius 3 is 2.30 bits per heavy atom. The largest absolute Gasteiger partial charge is 0.341 e. The van der Waals surface area contributed by atoms with Gasteiger partial charge in [-0.2, -0.15) is 0 Å². The molecule has 1 aliphatic heterocycles. The van der Waals surface area contributed by atoms with Crippen LogP contribution in [0.15, 0.2) is 48.5 Å². The zero-order valence-electron chi connectivity index (χ0n) is 17.1. The summed E-state index contributed by atoms with van der Waals surface area (Å²) >= 11 is 0. The lowest BCUT2D eigenvalue weighted by molar-refractivity contribution is -0.133. The van der Waals surface area contributed by atoms with Crippen molar-refractivity contribution >= 4 is 21.6 Å². The summed E-state index contributed by atoms with van der Waals surface area (Å²) in [5, 5.41) is 0. The first-order valence-corrected chi connectivity index (χ1v) is 11.8. The molecule has 2 aromatic carbocycles. The fraction of sp³-hybridized carbons (Fsp3) is 0.409. The maximum absolute atomic E-state index is 13.7. The molecule has 1 fully saturated rings. The van der Waals surface area contributed by atoms with E-state index in [1.807, 2.05) is 18.2 Å². The number of nitrogens with zero attached hydrogens (tertiary/aromatic N) is 2. The fourth-order valence-electron chi connectivity index (χ4n) is 3.99. The Morgan fingerprint density at radius 1 is 1.10 bits per heavy atom. The summed E-state index contributed by atoms with van der Waals surface area (Å²) in [5.74, 6) is -2.12. The molecular formula is C22H26F2N2O3S. The number of rotatable bonds is 6. The van der Waals surface area contributed by atoms with Crippen LogP contribution in [0.5, 0.6) is 0 Å². The molecule has 1 amide bonds. The smallest absolute Gasteiger partial charge is 0.246 e. The van der Waals surface area contributed by atoms with Crippen molar-refractivity contribution in [3.05, 3.63) is 65.7 Å². The number of amides is 1. The summed E-state index contributed by atoms with van der Waals surface area (Å²) in [5.41, 5.74) is 1.19. The highest BCUT2D eigenvalue weighted by Crippen LogP contribution is 2.26. The van der Waals surface area contributed by atoms with Crippen LogP contribution < -0.4 is 4.31 Å². The number of piperidine rings is 1. The molecule has 0 radical (unpaired) electrons. The number of carbonyl (C=O) groups is 1. The van der Waals surface area contributed by atoms with E-state index < -0.39 is 27.7 Å². The average Bonchev–Trinajstić information content (AvgIpc) is 2.70. The first-order chi connectivity index (χ1) is 14.2. The van der Waals surface area contributed by atoms with E-state index >= 15 is 0 Å². The zero-order chi connectivity index (χ0) is 21.9. The van der Waals surface area contributed by atoms with Crippen LogP contribution in [0.1, 0.15) is 25.3 Å². The molecule has 1 heterocycles. The number of likely N-dealkylation sites (tertiary alicyclic amines) is 1. The molecule has 1 unspecified atom stereocenters. The van der Waals surface area contributed by atoms with Crippen molar-refractivity contribution in [2.45, 2.75) is 32.2 Å². The standard InChI is InChI=1S/C22H26F2N2O3S/c1-16(26(30(2,28)29)19-8-9-20(23)21(24)15-19)22(27)25-12-10-18(11-13-25)14-17-6-4-3-5-7-17/h3-9,15-16,18H,10-14H2,1-2H3. The van der Waals surface area contributed by atoms with Crippen LogP contribution >= 0.6 is 0 Å². The molecule has 8 heteroatoms. The van der Waals surface area contributed by atoms with Crippen LogP contribution in [-0.2, 0) is 21.2 Å². The van der Waals surface area contributed by atoms with Gasteiger partial charge in [-0.3, -0.25) is 9.10 Å². The Hall–Kier alpha value is -2.48. The van der Waals surface area contributed by atoms with Gasteiger partial charge in [0.25, 0.3) is 0 Å². The average molecular weight is 437 g/mol. The second kappa shape index (κ2) is 9.12. The highest BCUT2D eigenvalue weighted by atomic mass is 32.2. The Bertz CT molecular complexity index is 991. The van der Waals surface area contributed by atoms with E-state index in [4.69, 9.17) is 0 Å². The van der Waals surface area contributed by atoms with Crippen molar-refractivity contribution in [2.75, 3.05) is 23.7 Å². The molecule has 162 valence electrons. The quantitative estimate of drug-likeness (QED) is 0.695. The van der Waals surface area contributed by atoms with Crippen molar-refractivity contribution in [1.82, 2.24) is 4.90 Å². The van der Waals surface area contributed by atoms with Crippen molar-refractivity contribution in [3.8, 4) is 0 Å². The highest BCUT2D eigenvalue weighted by Gasteiger charge is 2.34. The third-order valence-corrected chi connectivity index (χ3v) is 6.76. The molecule has 0 N–H and O–H groups in total.